The highest BCUT2D eigenvalue weighted by Gasteiger charge is 2.25. The highest BCUT2D eigenvalue weighted by molar-refractivity contribution is 5.68. The lowest BCUT2D eigenvalue weighted by atomic mass is 10.1. The smallest absolute Gasteiger partial charge is 0.167 e. The lowest BCUT2D eigenvalue weighted by molar-refractivity contribution is 0.138. The molecule has 0 radical (unpaired) electrons. The summed E-state index contributed by atoms with van der Waals surface area (Å²) in [6.45, 7) is 4.33. The first kappa shape index (κ1) is 14.9. The van der Waals surface area contributed by atoms with E-state index in [2.05, 4.69) is 5.32 Å². The van der Waals surface area contributed by atoms with E-state index in [9.17, 15) is 9.50 Å². The van der Waals surface area contributed by atoms with Gasteiger partial charge in [-0.3, -0.25) is 0 Å². The number of hydrogen-bond acceptors (Lipinski definition) is 4. The Morgan fingerprint density at radius 2 is 2.20 bits per heavy atom. The Morgan fingerprint density at radius 1 is 1.45 bits per heavy atom. The van der Waals surface area contributed by atoms with Crippen molar-refractivity contribution in [2.75, 3.05) is 17.6 Å². The predicted octanol–water partition coefficient (Wildman–Crippen LogP) is 2.77. The standard InChI is InChI=1S/C15H23FN2O2/c1-9(2)20-15-7-13(12(17)6-11(15)16)18-8-10-4-3-5-14(10)19/h6-7,9-10,14,18-19H,3-5,8,17H2,1-2H3. The number of nitrogen functional groups attached to an aromatic ring is 1. The molecule has 112 valence electrons. The van der Waals surface area contributed by atoms with Gasteiger partial charge < -0.3 is 20.9 Å². The van der Waals surface area contributed by atoms with Gasteiger partial charge in [0.15, 0.2) is 11.6 Å². The molecule has 20 heavy (non-hydrogen) atoms. The van der Waals surface area contributed by atoms with E-state index in [-0.39, 0.29) is 23.9 Å². The van der Waals surface area contributed by atoms with E-state index in [0.29, 0.717) is 17.9 Å². The van der Waals surface area contributed by atoms with Crippen molar-refractivity contribution in [3.63, 3.8) is 0 Å². The number of rotatable bonds is 5. The van der Waals surface area contributed by atoms with Crippen LogP contribution in [-0.2, 0) is 0 Å². The van der Waals surface area contributed by atoms with Crippen molar-refractivity contribution in [3.8, 4) is 5.75 Å². The van der Waals surface area contributed by atoms with Gasteiger partial charge in [0.05, 0.1) is 23.6 Å². The Morgan fingerprint density at radius 3 is 2.80 bits per heavy atom. The van der Waals surface area contributed by atoms with Gasteiger partial charge in [-0.05, 0) is 26.7 Å². The maximum absolute atomic E-state index is 13.7. The molecule has 0 aromatic heterocycles. The maximum Gasteiger partial charge on any atom is 0.167 e. The zero-order valence-electron chi connectivity index (χ0n) is 12.0. The second-order valence-electron chi connectivity index (χ2n) is 5.68. The van der Waals surface area contributed by atoms with Gasteiger partial charge in [-0.25, -0.2) is 4.39 Å². The summed E-state index contributed by atoms with van der Waals surface area (Å²) in [6.07, 6.45) is 2.55. The second kappa shape index (κ2) is 6.31. The average Bonchev–Trinajstić information content (AvgIpc) is 2.76. The summed E-state index contributed by atoms with van der Waals surface area (Å²) >= 11 is 0. The number of halogens is 1. The molecule has 1 saturated carbocycles. The molecule has 0 aliphatic heterocycles. The van der Waals surface area contributed by atoms with Crippen molar-refractivity contribution in [2.24, 2.45) is 5.92 Å². The number of nitrogens with one attached hydrogen (secondary N) is 1. The fourth-order valence-corrected chi connectivity index (χ4v) is 2.56. The Kier molecular flexibility index (Phi) is 4.70. The van der Waals surface area contributed by atoms with E-state index in [1.165, 1.54) is 6.07 Å². The molecule has 1 aliphatic rings. The third-order valence-electron chi connectivity index (χ3n) is 3.64. The normalized spacial score (nSPS) is 22.2. The second-order valence-corrected chi connectivity index (χ2v) is 5.68. The highest BCUT2D eigenvalue weighted by Crippen LogP contribution is 2.31. The predicted molar refractivity (Wildman–Crippen MR) is 78.4 cm³/mol. The minimum atomic E-state index is -0.456. The first-order chi connectivity index (χ1) is 9.47. The zero-order chi connectivity index (χ0) is 14.7. The van der Waals surface area contributed by atoms with Crippen LogP contribution >= 0.6 is 0 Å². The van der Waals surface area contributed by atoms with Gasteiger partial charge in [-0.2, -0.15) is 0 Å². The fourth-order valence-electron chi connectivity index (χ4n) is 2.56. The Hall–Kier alpha value is -1.49. The summed E-state index contributed by atoms with van der Waals surface area (Å²) < 4.78 is 19.1. The molecule has 2 rings (SSSR count). The third kappa shape index (κ3) is 3.54. The van der Waals surface area contributed by atoms with Crippen LogP contribution < -0.4 is 15.8 Å². The van der Waals surface area contributed by atoms with Crippen molar-refractivity contribution in [2.45, 2.75) is 45.3 Å². The Bertz CT molecular complexity index is 465. The summed E-state index contributed by atoms with van der Waals surface area (Å²) in [6, 6.07) is 2.86. The van der Waals surface area contributed by atoms with Crippen LogP contribution in [0.1, 0.15) is 33.1 Å². The van der Waals surface area contributed by atoms with E-state index >= 15 is 0 Å². The van der Waals surface area contributed by atoms with Gasteiger partial charge in [-0.1, -0.05) is 6.42 Å². The average molecular weight is 282 g/mol. The van der Waals surface area contributed by atoms with Gasteiger partial charge in [0, 0.05) is 24.6 Å². The molecule has 2 unspecified atom stereocenters. The van der Waals surface area contributed by atoms with Crippen molar-refractivity contribution < 1.29 is 14.2 Å². The van der Waals surface area contributed by atoms with Gasteiger partial charge in [-0.15, -0.1) is 0 Å². The van der Waals surface area contributed by atoms with E-state index in [0.717, 1.165) is 19.3 Å². The van der Waals surface area contributed by atoms with E-state index in [4.69, 9.17) is 10.5 Å². The van der Waals surface area contributed by atoms with Crippen LogP contribution in [0.2, 0.25) is 0 Å². The number of aliphatic hydroxyl groups is 1. The molecular weight excluding hydrogens is 259 g/mol. The molecule has 2 atom stereocenters. The molecule has 1 fully saturated rings. The van der Waals surface area contributed by atoms with Crippen LogP contribution in [-0.4, -0.2) is 23.9 Å². The minimum Gasteiger partial charge on any atom is -0.488 e. The van der Waals surface area contributed by atoms with Gasteiger partial charge >= 0.3 is 0 Å². The first-order valence-corrected chi connectivity index (χ1v) is 7.15. The molecule has 0 saturated heterocycles. The quantitative estimate of drug-likeness (QED) is 0.726. The number of hydrogen-bond donors (Lipinski definition) is 3. The van der Waals surface area contributed by atoms with E-state index in [1.54, 1.807) is 6.07 Å². The van der Waals surface area contributed by atoms with Gasteiger partial charge in [0.2, 0.25) is 0 Å². The van der Waals surface area contributed by atoms with Crippen LogP contribution in [0.5, 0.6) is 5.75 Å². The third-order valence-corrected chi connectivity index (χ3v) is 3.64. The summed E-state index contributed by atoms with van der Waals surface area (Å²) in [7, 11) is 0. The first-order valence-electron chi connectivity index (χ1n) is 7.15. The summed E-state index contributed by atoms with van der Waals surface area (Å²) in [5.41, 5.74) is 6.83. The monoisotopic (exact) mass is 282 g/mol. The SMILES string of the molecule is CC(C)Oc1cc(NCC2CCCC2O)c(N)cc1F. The molecule has 4 N–H and O–H groups in total. The largest absolute Gasteiger partial charge is 0.488 e. The molecule has 0 bridgehead atoms. The molecule has 1 aliphatic carbocycles. The van der Waals surface area contributed by atoms with E-state index < -0.39 is 5.82 Å². The number of nitrogens with two attached hydrogens (primary N) is 1. The van der Waals surface area contributed by atoms with Gasteiger partial charge in [0.25, 0.3) is 0 Å². The lowest BCUT2D eigenvalue weighted by Crippen LogP contribution is -2.22. The molecule has 4 nitrogen and oxygen atoms in total. The topological polar surface area (TPSA) is 67.5 Å². The van der Waals surface area contributed by atoms with Crippen LogP contribution in [0.15, 0.2) is 12.1 Å². The molecule has 0 heterocycles. The number of aliphatic hydroxyl groups excluding tert-OH is 1. The molecule has 1 aromatic carbocycles. The lowest BCUT2D eigenvalue weighted by Gasteiger charge is -2.18. The maximum atomic E-state index is 13.7. The molecule has 0 amide bonds. The number of anilines is 2. The molecule has 1 aromatic rings. The van der Waals surface area contributed by atoms with Gasteiger partial charge in [0.1, 0.15) is 0 Å². The van der Waals surface area contributed by atoms with Crippen molar-refractivity contribution in [1.29, 1.82) is 0 Å². The van der Waals surface area contributed by atoms with Crippen LogP contribution in [0, 0.1) is 11.7 Å². The van der Waals surface area contributed by atoms with E-state index in [1.807, 2.05) is 13.8 Å². The molecule has 0 spiro atoms. The number of ether oxygens (including phenoxy) is 1. The summed E-state index contributed by atoms with van der Waals surface area (Å²) in [5.74, 6) is -0.0276. The fraction of sp³-hybridized carbons (Fsp3) is 0.600. The van der Waals surface area contributed by atoms with Crippen molar-refractivity contribution >= 4 is 11.4 Å². The highest BCUT2D eigenvalue weighted by atomic mass is 19.1. The van der Waals surface area contributed by atoms with Crippen molar-refractivity contribution in [3.05, 3.63) is 17.9 Å². The summed E-state index contributed by atoms with van der Waals surface area (Å²) in [4.78, 5) is 0. The van der Waals surface area contributed by atoms with Crippen LogP contribution in [0.4, 0.5) is 15.8 Å². The minimum absolute atomic E-state index is 0.0994. The Labute approximate surface area is 119 Å². The number of benzene rings is 1. The Balaban J connectivity index is 2.06. The van der Waals surface area contributed by atoms with Crippen LogP contribution in [0.3, 0.4) is 0 Å². The summed E-state index contributed by atoms with van der Waals surface area (Å²) in [5, 5.41) is 13.0. The van der Waals surface area contributed by atoms with Crippen molar-refractivity contribution in [1.82, 2.24) is 0 Å². The zero-order valence-corrected chi connectivity index (χ0v) is 12.0. The van der Waals surface area contributed by atoms with Crippen LogP contribution in [0.25, 0.3) is 0 Å². The molecular formula is C15H23FN2O2. The molecule has 5 heteroatoms.